The van der Waals surface area contributed by atoms with Gasteiger partial charge < -0.3 is 5.32 Å². The van der Waals surface area contributed by atoms with Gasteiger partial charge in [-0.2, -0.15) is 8.42 Å². The molecule has 8 heteroatoms. The first kappa shape index (κ1) is 13.6. The Labute approximate surface area is 111 Å². The van der Waals surface area contributed by atoms with Crippen molar-refractivity contribution in [2.24, 2.45) is 0 Å². The van der Waals surface area contributed by atoms with Crippen LogP contribution in [0.5, 0.6) is 0 Å². The highest BCUT2D eigenvalue weighted by atomic mass is 32.2. The minimum Gasteiger partial charge on any atom is -0.355 e. The van der Waals surface area contributed by atoms with Crippen molar-refractivity contribution in [2.45, 2.75) is 6.92 Å². The Morgan fingerprint density at radius 3 is 2.68 bits per heavy atom. The van der Waals surface area contributed by atoms with Crippen molar-refractivity contribution < 1.29 is 17.6 Å². The van der Waals surface area contributed by atoms with Crippen LogP contribution < -0.4 is 13.9 Å². The van der Waals surface area contributed by atoms with E-state index in [1.165, 1.54) is 32.2 Å². The molecule has 0 aromatic heterocycles. The van der Waals surface area contributed by atoms with Gasteiger partial charge in [0.15, 0.2) is 0 Å². The van der Waals surface area contributed by atoms with Crippen LogP contribution in [-0.4, -0.2) is 34.5 Å². The Hall–Kier alpha value is -1.83. The first-order valence-electron chi connectivity index (χ1n) is 5.64. The predicted molar refractivity (Wildman–Crippen MR) is 69.8 cm³/mol. The molecule has 104 valence electrons. The zero-order valence-corrected chi connectivity index (χ0v) is 11.4. The largest absolute Gasteiger partial charge is 0.355 e. The van der Waals surface area contributed by atoms with Crippen LogP contribution in [0.2, 0.25) is 0 Å². The maximum Gasteiger partial charge on any atom is 0.326 e. The van der Waals surface area contributed by atoms with E-state index in [0.29, 0.717) is 5.69 Å². The van der Waals surface area contributed by atoms with Crippen molar-refractivity contribution in [2.75, 3.05) is 28.7 Å². The first-order chi connectivity index (χ1) is 8.84. The molecule has 1 amide bonds. The Balaban J connectivity index is 2.32. The third-order valence-electron chi connectivity index (χ3n) is 2.86. The molecule has 6 nitrogen and oxygen atoms in total. The minimum atomic E-state index is -3.69. The molecule has 19 heavy (non-hydrogen) atoms. The molecule has 0 aliphatic carbocycles. The lowest BCUT2D eigenvalue weighted by Crippen LogP contribution is -2.40. The number of anilines is 2. The van der Waals surface area contributed by atoms with Gasteiger partial charge in [-0.1, -0.05) is 0 Å². The molecule has 1 aliphatic heterocycles. The summed E-state index contributed by atoms with van der Waals surface area (Å²) in [6.45, 7) is 1.57. The summed E-state index contributed by atoms with van der Waals surface area (Å²) in [6, 6.07) is 3.80. The van der Waals surface area contributed by atoms with Gasteiger partial charge in [-0.25, -0.2) is 8.70 Å². The van der Waals surface area contributed by atoms with E-state index < -0.39 is 16.0 Å². The van der Waals surface area contributed by atoms with Crippen LogP contribution >= 0.6 is 0 Å². The number of halogens is 1. The van der Waals surface area contributed by atoms with Gasteiger partial charge in [-0.15, -0.1) is 0 Å². The Kier molecular flexibility index (Phi) is 3.36. The van der Waals surface area contributed by atoms with Crippen LogP contribution in [0.15, 0.2) is 18.2 Å². The number of rotatable bonds is 3. The molecule has 0 radical (unpaired) electrons. The summed E-state index contributed by atoms with van der Waals surface area (Å²) < 4.78 is 39.7. The molecule has 1 N–H and O–H groups in total. The molecular formula is C11H14FN3O3S. The zero-order chi connectivity index (χ0) is 14.2. The van der Waals surface area contributed by atoms with Crippen molar-refractivity contribution in [3.63, 3.8) is 0 Å². The van der Waals surface area contributed by atoms with Crippen LogP contribution in [0.3, 0.4) is 0 Å². The normalized spacial score (nSPS) is 16.4. The van der Waals surface area contributed by atoms with Crippen molar-refractivity contribution in [1.82, 2.24) is 5.32 Å². The summed E-state index contributed by atoms with van der Waals surface area (Å²) in [5.41, 5.74) is 0.706. The average molecular weight is 287 g/mol. The van der Waals surface area contributed by atoms with Gasteiger partial charge in [0.2, 0.25) is 5.91 Å². The van der Waals surface area contributed by atoms with Gasteiger partial charge in [-0.05, 0) is 12.1 Å². The highest BCUT2D eigenvalue weighted by Gasteiger charge is 2.37. The van der Waals surface area contributed by atoms with Crippen molar-refractivity contribution in [3.8, 4) is 0 Å². The molecule has 0 fully saturated rings. The molecule has 1 aromatic rings. The summed E-state index contributed by atoms with van der Waals surface area (Å²) in [7, 11) is -2.28. The van der Waals surface area contributed by atoms with Crippen LogP contribution in [-0.2, 0) is 15.0 Å². The number of carbonyl (C=O) groups excluding carboxylic acids is 1. The SMILES string of the molecule is CC(=O)NCCN1c2cc(F)ccc2N(C)S1(=O)=O. The first-order valence-corrected chi connectivity index (χ1v) is 7.04. The summed E-state index contributed by atoms with van der Waals surface area (Å²) in [5.74, 6) is -0.752. The van der Waals surface area contributed by atoms with E-state index in [4.69, 9.17) is 0 Å². The van der Waals surface area contributed by atoms with E-state index in [0.717, 1.165) is 8.61 Å². The number of nitrogens with one attached hydrogen (secondary N) is 1. The molecule has 0 saturated heterocycles. The second-order valence-corrected chi connectivity index (χ2v) is 6.05. The van der Waals surface area contributed by atoms with E-state index in [9.17, 15) is 17.6 Å². The summed E-state index contributed by atoms with van der Waals surface area (Å²) in [4.78, 5) is 10.8. The van der Waals surface area contributed by atoms with Crippen molar-refractivity contribution in [3.05, 3.63) is 24.0 Å². The molecule has 0 saturated carbocycles. The number of hydrogen-bond acceptors (Lipinski definition) is 3. The highest BCUT2D eigenvalue weighted by Crippen LogP contribution is 2.39. The summed E-state index contributed by atoms with van der Waals surface area (Å²) in [6.07, 6.45) is 0. The second-order valence-electron chi connectivity index (χ2n) is 4.16. The molecule has 0 atom stereocenters. The van der Waals surface area contributed by atoms with Crippen LogP contribution in [0, 0.1) is 5.82 Å². The standard InChI is InChI=1S/C11H14FN3O3S/c1-8(16)13-5-6-15-11-7-9(12)3-4-10(11)14(2)19(15,17)18/h3-4,7H,5-6H2,1-2H3,(H,13,16). The number of benzene rings is 1. The maximum atomic E-state index is 13.3. The van der Waals surface area contributed by atoms with E-state index in [-0.39, 0.29) is 24.7 Å². The number of nitrogens with zero attached hydrogens (tertiary/aromatic N) is 2. The zero-order valence-electron chi connectivity index (χ0n) is 10.6. The van der Waals surface area contributed by atoms with Gasteiger partial charge in [0.05, 0.1) is 17.9 Å². The van der Waals surface area contributed by atoms with E-state index in [1.807, 2.05) is 0 Å². The fourth-order valence-corrected chi connectivity index (χ4v) is 3.34. The fourth-order valence-electron chi connectivity index (χ4n) is 1.93. The number of hydrogen-bond donors (Lipinski definition) is 1. The van der Waals surface area contributed by atoms with Crippen LogP contribution in [0.25, 0.3) is 0 Å². The van der Waals surface area contributed by atoms with Crippen LogP contribution in [0.1, 0.15) is 6.92 Å². The molecule has 2 rings (SSSR count). The molecule has 1 aliphatic rings. The Morgan fingerprint density at radius 2 is 2.05 bits per heavy atom. The molecule has 1 heterocycles. The monoisotopic (exact) mass is 287 g/mol. The second kappa shape index (κ2) is 4.69. The third-order valence-corrected chi connectivity index (χ3v) is 4.68. The Bertz CT molecular complexity index is 618. The summed E-state index contributed by atoms with van der Waals surface area (Å²) in [5, 5.41) is 2.51. The van der Waals surface area contributed by atoms with Gasteiger partial charge in [0.25, 0.3) is 0 Å². The van der Waals surface area contributed by atoms with Gasteiger partial charge >= 0.3 is 10.2 Å². The van der Waals surface area contributed by atoms with Gasteiger partial charge in [0.1, 0.15) is 5.82 Å². The quantitative estimate of drug-likeness (QED) is 0.878. The summed E-state index contributed by atoms with van der Waals surface area (Å²) >= 11 is 0. The number of fused-ring (bicyclic) bond motifs is 1. The topological polar surface area (TPSA) is 69.7 Å². The van der Waals surface area contributed by atoms with E-state index in [2.05, 4.69) is 5.32 Å². The van der Waals surface area contributed by atoms with Crippen LogP contribution in [0.4, 0.5) is 15.8 Å². The van der Waals surface area contributed by atoms with E-state index >= 15 is 0 Å². The molecule has 0 spiro atoms. The fraction of sp³-hybridized carbons (Fsp3) is 0.364. The number of carbonyl (C=O) groups is 1. The predicted octanol–water partition coefficient (Wildman–Crippen LogP) is 0.463. The lowest BCUT2D eigenvalue weighted by molar-refractivity contribution is -0.118. The average Bonchev–Trinajstić information content (AvgIpc) is 2.49. The van der Waals surface area contributed by atoms with Crippen molar-refractivity contribution in [1.29, 1.82) is 0 Å². The molecular weight excluding hydrogens is 273 g/mol. The molecule has 0 bridgehead atoms. The van der Waals surface area contributed by atoms with E-state index in [1.54, 1.807) is 0 Å². The lowest BCUT2D eigenvalue weighted by Gasteiger charge is -2.19. The molecule has 1 aromatic carbocycles. The highest BCUT2D eigenvalue weighted by molar-refractivity contribution is 7.94. The van der Waals surface area contributed by atoms with Gasteiger partial charge in [-0.3, -0.25) is 9.10 Å². The maximum absolute atomic E-state index is 13.3. The lowest BCUT2D eigenvalue weighted by atomic mass is 10.2. The van der Waals surface area contributed by atoms with Crippen molar-refractivity contribution >= 4 is 27.5 Å². The third kappa shape index (κ3) is 2.35. The Morgan fingerprint density at radius 1 is 1.37 bits per heavy atom. The number of amides is 1. The smallest absolute Gasteiger partial charge is 0.326 e. The minimum absolute atomic E-state index is 0.0582. The van der Waals surface area contributed by atoms with Gasteiger partial charge in [0, 0.05) is 26.6 Å². The molecule has 0 unspecified atom stereocenters.